The molecule has 0 atom stereocenters. The summed E-state index contributed by atoms with van der Waals surface area (Å²) < 4.78 is 4.02. The molecule has 0 heterocycles. The highest BCUT2D eigenvalue weighted by Crippen LogP contribution is 1.65. The van der Waals surface area contributed by atoms with E-state index in [-0.39, 0.29) is 12.6 Å². The molecule has 0 aliphatic rings. The van der Waals surface area contributed by atoms with Crippen molar-refractivity contribution in [2.75, 3.05) is 6.73 Å². The third-order valence-corrected chi connectivity index (χ3v) is 0.563. The molecule has 0 unspecified atom stereocenters. The van der Waals surface area contributed by atoms with Crippen LogP contribution in [0.5, 0.6) is 0 Å². The summed E-state index contributed by atoms with van der Waals surface area (Å²) in [4.78, 5) is 19.6. The van der Waals surface area contributed by atoms with Gasteiger partial charge in [0.05, 0.1) is 0 Å². The van der Waals surface area contributed by atoms with Crippen LogP contribution >= 0.6 is 0 Å². The van der Waals surface area contributed by atoms with Crippen LogP contribution in [0.1, 0.15) is 0 Å². The Morgan fingerprint density at radius 1 is 1.89 bits per heavy atom. The van der Waals surface area contributed by atoms with Crippen molar-refractivity contribution in [1.29, 1.82) is 0 Å². The third kappa shape index (κ3) is 4.53. The average molecular weight is 128 g/mol. The van der Waals surface area contributed by atoms with Crippen LogP contribution in [0.4, 0.5) is 0 Å². The summed E-state index contributed by atoms with van der Waals surface area (Å²) >= 11 is 0. The molecule has 0 rings (SSSR count). The van der Waals surface area contributed by atoms with E-state index in [2.05, 4.69) is 16.6 Å². The Hall–Kier alpha value is -1.32. The molecular formula is C5H6NO3. The van der Waals surface area contributed by atoms with Crippen molar-refractivity contribution in [3.63, 3.8) is 0 Å². The molecular weight excluding hydrogens is 122 g/mol. The van der Waals surface area contributed by atoms with Gasteiger partial charge in [-0.2, -0.15) is 0 Å². The monoisotopic (exact) mass is 128 g/mol. The highest BCUT2D eigenvalue weighted by Gasteiger charge is 1.89. The average Bonchev–Trinajstić information content (AvgIpc) is 1.89. The van der Waals surface area contributed by atoms with Gasteiger partial charge in [0, 0.05) is 0 Å². The van der Waals surface area contributed by atoms with Gasteiger partial charge in [0.1, 0.15) is 0 Å². The molecule has 9 heavy (non-hydrogen) atoms. The first-order chi connectivity index (χ1) is 4.31. The maximum Gasteiger partial charge on any atom is 0.419 e. The molecule has 0 aliphatic heterocycles. The number of amides is 1. The molecule has 0 fully saturated rings. The summed E-state index contributed by atoms with van der Waals surface area (Å²) in [5.74, 6) is -0.384. The van der Waals surface area contributed by atoms with Gasteiger partial charge < -0.3 is 10.1 Å². The number of hydrogen-bond donors (Lipinski definition) is 1. The van der Waals surface area contributed by atoms with Crippen molar-refractivity contribution >= 4 is 12.4 Å². The molecule has 0 saturated carbocycles. The van der Waals surface area contributed by atoms with E-state index < -0.39 is 0 Å². The zero-order chi connectivity index (χ0) is 7.11. The lowest BCUT2D eigenvalue weighted by atomic mass is 10.6. The first-order valence-electron chi connectivity index (χ1n) is 2.20. The predicted molar refractivity (Wildman–Crippen MR) is 30.0 cm³/mol. The van der Waals surface area contributed by atoms with Crippen LogP contribution in [-0.2, 0) is 14.3 Å². The first kappa shape index (κ1) is 7.68. The zero-order valence-electron chi connectivity index (χ0n) is 4.72. The fraction of sp³-hybridized carbons (Fsp3) is 0.200. The van der Waals surface area contributed by atoms with Gasteiger partial charge in [-0.3, -0.25) is 4.79 Å². The van der Waals surface area contributed by atoms with Crippen molar-refractivity contribution in [1.82, 2.24) is 5.32 Å². The van der Waals surface area contributed by atoms with Gasteiger partial charge in [-0.1, -0.05) is 6.58 Å². The van der Waals surface area contributed by atoms with Crippen LogP contribution in [0.3, 0.4) is 0 Å². The number of hydrogen-bond acceptors (Lipinski definition) is 3. The van der Waals surface area contributed by atoms with E-state index in [1.165, 1.54) is 0 Å². The smallest absolute Gasteiger partial charge is 0.419 e. The predicted octanol–water partition coefficient (Wildman–Crippen LogP) is -0.670. The van der Waals surface area contributed by atoms with E-state index in [0.717, 1.165) is 12.5 Å². The van der Waals surface area contributed by atoms with Crippen molar-refractivity contribution in [2.45, 2.75) is 0 Å². The minimum absolute atomic E-state index is 0.158. The van der Waals surface area contributed by atoms with Gasteiger partial charge in [-0.25, -0.2) is 4.79 Å². The third-order valence-electron chi connectivity index (χ3n) is 0.563. The van der Waals surface area contributed by atoms with E-state index in [9.17, 15) is 9.59 Å². The quantitative estimate of drug-likeness (QED) is 0.310. The lowest BCUT2D eigenvalue weighted by Gasteiger charge is -1.95. The van der Waals surface area contributed by atoms with Crippen molar-refractivity contribution in [2.24, 2.45) is 0 Å². The molecule has 0 bridgehead atoms. The maximum absolute atomic E-state index is 10.2. The van der Waals surface area contributed by atoms with Gasteiger partial charge in [0.15, 0.2) is 6.73 Å². The van der Waals surface area contributed by atoms with Gasteiger partial charge in [0.25, 0.3) is 0 Å². The number of carbonyl (C=O) groups is 1. The van der Waals surface area contributed by atoms with Crippen LogP contribution in [-0.4, -0.2) is 19.1 Å². The van der Waals surface area contributed by atoms with E-state index in [1.54, 1.807) is 0 Å². The molecule has 4 nitrogen and oxygen atoms in total. The van der Waals surface area contributed by atoms with Crippen LogP contribution in [0.15, 0.2) is 12.7 Å². The second-order valence-electron chi connectivity index (χ2n) is 1.12. The summed E-state index contributed by atoms with van der Waals surface area (Å²) in [5, 5.41) is 2.19. The second kappa shape index (κ2) is 4.83. The summed E-state index contributed by atoms with van der Waals surface area (Å²) in [7, 11) is 0. The van der Waals surface area contributed by atoms with E-state index >= 15 is 0 Å². The fourth-order valence-corrected chi connectivity index (χ4v) is 0.209. The Balaban J connectivity index is 3.16. The Labute approximate surface area is 52.5 Å². The van der Waals surface area contributed by atoms with Crippen LogP contribution in [0.25, 0.3) is 0 Å². The maximum atomic E-state index is 10.2. The molecule has 0 aromatic rings. The van der Waals surface area contributed by atoms with Crippen LogP contribution in [0, 0.1) is 0 Å². The Bertz CT molecular complexity index is 121. The minimum atomic E-state index is -0.384. The summed E-state index contributed by atoms with van der Waals surface area (Å²) in [6.45, 7) is 4.16. The van der Waals surface area contributed by atoms with Crippen molar-refractivity contribution in [3.8, 4) is 0 Å². The summed E-state index contributed by atoms with van der Waals surface area (Å²) in [6.07, 6.45) is 1.08. The van der Waals surface area contributed by atoms with Crippen LogP contribution < -0.4 is 5.32 Å². The molecule has 49 valence electrons. The van der Waals surface area contributed by atoms with Crippen molar-refractivity contribution < 1.29 is 14.3 Å². The standard InChI is InChI=1S/C5H6NO3/c1-2-5(8)6-3-9-4-7/h2H,1,3H2,(H,6,8). The second-order valence-corrected chi connectivity index (χ2v) is 1.12. The number of nitrogens with one attached hydrogen (secondary N) is 1. The SMILES string of the molecule is C=CC(=O)NCO[C]=O. The van der Waals surface area contributed by atoms with Gasteiger partial charge in [0.2, 0.25) is 5.91 Å². The number of rotatable bonds is 4. The van der Waals surface area contributed by atoms with Crippen LogP contribution in [0.2, 0.25) is 0 Å². The lowest BCUT2D eigenvalue weighted by Crippen LogP contribution is -2.23. The molecule has 1 N–H and O–H groups in total. The Kier molecular flexibility index (Phi) is 4.12. The Morgan fingerprint density at radius 3 is 3.00 bits per heavy atom. The van der Waals surface area contributed by atoms with E-state index in [4.69, 9.17) is 0 Å². The highest BCUT2D eigenvalue weighted by molar-refractivity contribution is 5.86. The topological polar surface area (TPSA) is 55.4 Å². The molecule has 0 aromatic heterocycles. The summed E-state index contributed by atoms with van der Waals surface area (Å²) in [6, 6.07) is 0. The molecule has 0 aromatic carbocycles. The molecule has 0 spiro atoms. The fourth-order valence-electron chi connectivity index (χ4n) is 0.209. The Morgan fingerprint density at radius 2 is 2.56 bits per heavy atom. The van der Waals surface area contributed by atoms with E-state index in [1.807, 2.05) is 0 Å². The minimum Gasteiger partial charge on any atom is -0.436 e. The molecule has 1 amide bonds. The van der Waals surface area contributed by atoms with Gasteiger partial charge in [-0.15, -0.1) is 0 Å². The molecule has 0 saturated heterocycles. The number of carbonyl (C=O) groups excluding carboxylic acids is 2. The molecule has 1 radical (unpaired) electrons. The van der Waals surface area contributed by atoms with Crippen molar-refractivity contribution in [3.05, 3.63) is 12.7 Å². The van der Waals surface area contributed by atoms with E-state index in [0.29, 0.717) is 0 Å². The normalized spacial score (nSPS) is 7.56. The first-order valence-corrected chi connectivity index (χ1v) is 2.20. The lowest BCUT2D eigenvalue weighted by molar-refractivity contribution is -0.117. The molecule has 4 heteroatoms. The highest BCUT2D eigenvalue weighted by atomic mass is 16.5. The van der Waals surface area contributed by atoms with Gasteiger partial charge in [-0.05, 0) is 6.08 Å². The molecule has 0 aliphatic carbocycles. The summed E-state index contributed by atoms with van der Waals surface area (Å²) in [5.41, 5.74) is 0. The largest absolute Gasteiger partial charge is 0.436 e. The van der Waals surface area contributed by atoms with Gasteiger partial charge >= 0.3 is 6.47 Å². The number of ether oxygens (including phenoxy) is 1. The zero-order valence-corrected chi connectivity index (χ0v) is 4.72.